The second kappa shape index (κ2) is 5.10. The van der Waals surface area contributed by atoms with E-state index in [2.05, 4.69) is 20.3 Å². The minimum absolute atomic E-state index is 0.0527. The molecule has 108 valence electrons. The van der Waals surface area contributed by atoms with Crippen LogP contribution in [-0.2, 0) is 6.18 Å². The molecule has 0 saturated carbocycles. The van der Waals surface area contributed by atoms with Crippen LogP contribution in [-0.4, -0.2) is 26.1 Å². The number of aromatic nitrogens is 4. The first-order valence-corrected chi connectivity index (χ1v) is 6.04. The maximum Gasteiger partial charge on any atom is 0.433 e. The summed E-state index contributed by atoms with van der Waals surface area (Å²) in [7, 11) is 0. The Bertz CT molecular complexity index is 618. The quantitative estimate of drug-likeness (QED) is 0.942. The summed E-state index contributed by atoms with van der Waals surface area (Å²) in [6, 6.07) is 0.912. The lowest BCUT2D eigenvalue weighted by Crippen LogP contribution is -2.14. The van der Waals surface area contributed by atoms with Crippen LogP contribution in [0.2, 0.25) is 0 Å². The van der Waals surface area contributed by atoms with Crippen LogP contribution in [0.25, 0.3) is 5.82 Å². The Labute approximate surface area is 113 Å². The van der Waals surface area contributed by atoms with Gasteiger partial charge in [-0.3, -0.25) is 4.57 Å². The van der Waals surface area contributed by atoms with Gasteiger partial charge in [-0.2, -0.15) is 18.2 Å². The van der Waals surface area contributed by atoms with Crippen molar-refractivity contribution in [1.29, 1.82) is 0 Å². The molecule has 8 heteroatoms. The van der Waals surface area contributed by atoms with Crippen LogP contribution in [0.5, 0.6) is 0 Å². The smallest absolute Gasteiger partial charge is 0.354 e. The van der Waals surface area contributed by atoms with Gasteiger partial charge in [0.15, 0.2) is 5.69 Å². The van der Waals surface area contributed by atoms with E-state index in [-0.39, 0.29) is 11.8 Å². The molecule has 0 amide bonds. The first-order chi connectivity index (χ1) is 9.32. The molecule has 0 spiro atoms. The van der Waals surface area contributed by atoms with Gasteiger partial charge >= 0.3 is 6.18 Å². The highest BCUT2D eigenvalue weighted by Gasteiger charge is 2.34. The van der Waals surface area contributed by atoms with Crippen molar-refractivity contribution in [2.24, 2.45) is 0 Å². The lowest BCUT2D eigenvalue weighted by Gasteiger charge is -2.12. The van der Waals surface area contributed by atoms with Gasteiger partial charge in [0.1, 0.15) is 12.1 Å². The summed E-state index contributed by atoms with van der Waals surface area (Å²) in [4.78, 5) is 11.6. The van der Waals surface area contributed by atoms with Crippen LogP contribution in [0, 0.1) is 13.8 Å². The number of hydrogen-bond donors (Lipinski definition) is 1. The summed E-state index contributed by atoms with van der Waals surface area (Å²) in [5, 5.41) is 2.70. The van der Waals surface area contributed by atoms with E-state index in [0.29, 0.717) is 6.54 Å². The fourth-order valence-corrected chi connectivity index (χ4v) is 1.67. The van der Waals surface area contributed by atoms with Crippen molar-refractivity contribution < 1.29 is 13.2 Å². The lowest BCUT2D eigenvalue weighted by molar-refractivity contribution is -0.141. The number of anilines is 1. The Hall–Kier alpha value is -2.12. The van der Waals surface area contributed by atoms with E-state index in [1.165, 1.54) is 10.9 Å². The third-order valence-electron chi connectivity index (χ3n) is 2.84. The molecule has 0 unspecified atom stereocenters. The monoisotopic (exact) mass is 285 g/mol. The molecule has 1 N–H and O–H groups in total. The Balaban J connectivity index is 2.58. The summed E-state index contributed by atoms with van der Waals surface area (Å²) < 4.78 is 40.1. The fourth-order valence-electron chi connectivity index (χ4n) is 1.67. The largest absolute Gasteiger partial charge is 0.433 e. The van der Waals surface area contributed by atoms with E-state index in [1.54, 1.807) is 20.8 Å². The van der Waals surface area contributed by atoms with E-state index in [4.69, 9.17) is 0 Å². The molecule has 5 nitrogen and oxygen atoms in total. The third kappa shape index (κ3) is 2.73. The van der Waals surface area contributed by atoms with E-state index < -0.39 is 11.9 Å². The van der Waals surface area contributed by atoms with Crippen molar-refractivity contribution in [3.63, 3.8) is 0 Å². The maximum atomic E-state index is 12.9. The zero-order valence-electron chi connectivity index (χ0n) is 11.3. The van der Waals surface area contributed by atoms with E-state index in [1.807, 2.05) is 0 Å². The van der Waals surface area contributed by atoms with Gasteiger partial charge in [0.05, 0.1) is 5.69 Å². The second-order valence-corrected chi connectivity index (χ2v) is 4.25. The highest BCUT2D eigenvalue weighted by atomic mass is 19.4. The molecule has 2 aromatic rings. The van der Waals surface area contributed by atoms with Gasteiger partial charge < -0.3 is 5.32 Å². The normalized spacial score (nSPS) is 11.7. The minimum atomic E-state index is -4.52. The third-order valence-corrected chi connectivity index (χ3v) is 2.84. The van der Waals surface area contributed by atoms with Crippen LogP contribution in [0.1, 0.15) is 24.0 Å². The van der Waals surface area contributed by atoms with E-state index >= 15 is 0 Å². The van der Waals surface area contributed by atoms with Crippen LogP contribution in [0.3, 0.4) is 0 Å². The van der Waals surface area contributed by atoms with Gasteiger partial charge in [0, 0.05) is 18.3 Å². The molecule has 0 aliphatic rings. The SMILES string of the molecule is CCNc1nc(-n2cnc(C)c2C)cc(C(F)(F)F)n1. The molecule has 0 aliphatic carbocycles. The molecule has 0 aromatic carbocycles. The van der Waals surface area contributed by atoms with Crippen LogP contribution in [0.4, 0.5) is 19.1 Å². The summed E-state index contributed by atoms with van der Waals surface area (Å²) >= 11 is 0. The number of aryl methyl sites for hydroxylation is 1. The molecule has 0 atom stereocenters. The van der Waals surface area contributed by atoms with Crippen molar-refractivity contribution in [2.75, 3.05) is 11.9 Å². The van der Waals surface area contributed by atoms with Gasteiger partial charge in [-0.05, 0) is 20.8 Å². The van der Waals surface area contributed by atoms with Gasteiger partial charge in [-0.15, -0.1) is 0 Å². The predicted molar refractivity (Wildman–Crippen MR) is 67.8 cm³/mol. The topological polar surface area (TPSA) is 55.6 Å². The number of rotatable bonds is 3. The van der Waals surface area contributed by atoms with Crippen molar-refractivity contribution >= 4 is 5.95 Å². The number of alkyl halides is 3. The molecule has 20 heavy (non-hydrogen) atoms. The number of hydrogen-bond acceptors (Lipinski definition) is 4. The average Bonchev–Trinajstić information content (AvgIpc) is 2.69. The molecule has 2 rings (SSSR count). The molecule has 0 saturated heterocycles. The van der Waals surface area contributed by atoms with Crippen LogP contribution < -0.4 is 5.32 Å². The Morgan fingerprint density at radius 3 is 2.45 bits per heavy atom. The molecule has 0 radical (unpaired) electrons. The van der Waals surface area contributed by atoms with Crippen molar-refractivity contribution in [3.8, 4) is 5.82 Å². The van der Waals surface area contributed by atoms with Gasteiger partial charge in [-0.1, -0.05) is 0 Å². The van der Waals surface area contributed by atoms with E-state index in [0.717, 1.165) is 17.5 Å². The highest BCUT2D eigenvalue weighted by Crippen LogP contribution is 2.29. The number of nitrogens with one attached hydrogen (secondary N) is 1. The lowest BCUT2D eigenvalue weighted by atomic mass is 10.3. The summed E-state index contributed by atoms with van der Waals surface area (Å²) in [5.74, 6) is 0.0875. The first kappa shape index (κ1) is 14.3. The molecular formula is C12H14F3N5. The number of imidazole rings is 1. The zero-order chi connectivity index (χ0) is 14.9. The molecule has 2 heterocycles. The van der Waals surface area contributed by atoms with Gasteiger partial charge in [-0.25, -0.2) is 9.97 Å². The Kier molecular flexibility index (Phi) is 3.65. The maximum absolute atomic E-state index is 12.9. The summed E-state index contributed by atoms with van der Waals surface area (Å²) in [6.45, 7) is 5.74. The predicted octanol–water partition coefficient (Wildman–Crippen LogP) is 2.73. The number of nitrogens with zero attached hydrogens (tertiary/aromatic N) is 4. The van der Waals surface area contributed by atoms with E-state index in [9.17, 15) is 13.2 Å². The Morgan fingerprint density at radius 2 is 1.95 bits per heavy atom. The number of halogens is 3. The standard InChI is InChI=1S/C12H14F3N5/c1-4-16-11-18-9(12(13,14)15)5-10(19-11)20-6-17-7(2)8(20)3/h5-6H,4H2,1-3H3,(H,16,18,19). The van der Waals surface area contributed by atoms with Gasteiger partial charge in [0.25, 0.3) is 0 Å². The fraction of sp³-hybridized carbons (Fsp3) is 0.417. The summed E-state index contributed by atoms with van der Waals surface area (Å²) in [6.07, 6.45) is -3.08. The molecule has 0 bridgehead atoms. The highest BCUT2D eigenvalue weighted by molar-refractivity contribution is 5.37. The molecule has 0 aliphatic heterocycles. The molecule has 2 aromatic heterocycles. The van der Waals surface area contributed by atoms with Crippen LogP contribution >= 0.6 is 0 Å². The van der Waals surface area contributed by atoms with Crippen molar-refractivity contribution in [2.45, 2.75) is 26.9 Å². The Morgan fingerprint density at radius 1 is 1.25 bits per heavy atom. The average molecular weight is 285 g/mol. The molecular weight excluding hydrogens is 271 g/mol. The molecule has 0 fully saturated rings. The summed E-state index contributed by atoms with van der Waals surface area (Å²) in [5.41, 5.74) is 0.491. The van der Waals surface area contributed by atoms with Crippen molar-refractivity contribution in [1.82, 2.24) is 19.5 Å². The van der Waals surface area contributed by atoms with Crippen LogP contribution in [0.15, 0.2) is 12.4 Å². The first-order valence-electron chi connectivity index (χ1n) is 6.04. The van der Waals surface area contributed by atoms with Gasteiger partial charge in [0.2, 0.25) is 5.95 Å². The minimum Gasteiger partial charge on any atom is -0.354 e. The van der Waals surface area contributed by atoms with Crippen molar-refractivity contribution in [3.05, 3.63) is 29.5 Å². The zero-order valence-corrected chi connectivity index (χ0v) is 11.3. The second-order valence-electron chi connectivity index (χ2n) is 4.25.